The molecule has 5 nitrogen and oxygen atoms in total. The van der Waals surface area contributed by atoms with Crippen molar-refractivity contribution in [3.05, 3.63) is 82.1 Å². The van der Waals surface area contributed by atoms with E-state index in [0.717, 1.165) is 5.65 Å². The Balaban J connectivity index is 1.78. The summed E-state index contributed by atoms with van der Waals surface area (Å²) >= 11 is 18.0. The molecule has 0 bridgehead atoms. The number of nitrogens with zero attached hydrogens (tertiary/aromatic N) is 2. The van der Waals surface area contributed by atoms with Crippen LogP contribution in [0.5, 0.6) is 0 Å². The summed E-state index contributed by atoms with van der Waals surface area (Å²) in [6.45, 7) is 0. The Morgan fingerprint density at radius 1 is 0.893 bits per heavy atom. The van der Waals surface area contributed by atoms with Gasteiger partial charge in [-0.25, -0.2) is 13.4 Å². The molecule has 2 aromatic carbocycles. The van der Waals surface area contributed by atoms with Gasteiger partial charge in [0.2, 0.25) is 0 Å². The van der Waals surface area contributed by atoms with Crippen LogP contribution >= 0.6 is 34.8 Å². The molecule has 0 spiro atoms. The SMILES string of the molecule is O=S(=O)(Nc1ccccc1-c1cn2ccccc2n1)c1cc(Cl)c(Cl)cc1Cl. The molecule has 28 heavy (non-hydrogen) atoms. The van der Waals surface area contributed by atoms with Crippen molar-refractivity contribution in [1.29, 1.82) is 0 Å². The minimum absolute atomic E-state index is 0.0212. The van der Waals surface area contributed by atoms with Crippen LogP contribution in [0.15, 0.2) is 71.9 Å². The van der Waals surface area contributed by atoms with Crippen LogP contribution < -0.4 is 4.72 Å². The smallest absolute Gasteiger partial charge is 0.263 e. The highest BCUT2D eigenvalue weighted by molar-refractivity contribution is 7.92. The third kappa shape index (κ3) is 3.56. The van der Waals surface area contributed by atoms with E-state index in [4.69, 9.17) is 34.8 Å². The van der Waals surface area contributed by atoms with Crippen molar-refractivity contribution in [3.63, 3.8) is 0 Å². The van der Waals surface area contributed by atoms with Crippen molar-refractivity contribution in [1.82, 2.24) is 9.38 Å². The van der Waals surface area contributed by atoms with Gasteiger partial charge in [-0.05, 0) is 30.3 Å². The summed E-state index contributed by atoms with van der Waals surface area (Å²) in [5.41, 5.74) is 2.38. The van der Waals surface area contributed by atoms with Gasteiger partial charge >= 0.3 is 0 Å². The number of hydrogen-bond donors (Lipinski definition) is 1. The number of halogens is 3. The highest BCUT2D eigenvalue weighted by atomic mass is 35.5. The molecule has 9 heteroatoms. The van der Waals surface area contributed by atoms with E-state index in [2.05, 4.69) is 9.71 Å². The van der Waals surface area contributed by atoms with Crippen LogP contribution in [-0.4, -0.2) is 17.8 Å². The number of nitrogens with one attached hydrogen (secondary N) is 1. The van der Waals surface area contributed by atoms with Gasteiger partial charge in [-0.1, -0.05) is 59.1 Å². The van der Waals surface area contributed by atoms with Gasteiger partial charge in [0.25, 0.3) is 10.0 Å². The second kappa shape index (κ2) is 7.29. The quantitative estimate of drug-likeness (QED) is 0.400. The number of fused-ring (bicyclic) bond motifs is 1. The van der Waals surface area contributed by atoms with E-state index in [9.17, 15) is 8.42 Å². The number of pyridine rings is 1. The molecule has 0 radical (unpaired) electrons. The maximum Gasteiger partial charge on any atom is 0.263 e. The van der Waals surface area contributed by atoms with E-state index in [-0.39, 0.29) is 20.0 Å². The second-order valence-corrected chi connectivity index (χ2v) is 8.81. The van der Waals surface area contributed by atoms with Gasteiger partial charge in [-0.2, -0.15) is 0 Å². The number of para-hydroxylation sites is 1. The predicted molar refractivity (Wildman–Crippen MR) is 113 cm³/mol. The Kier molecular flexibility index (Phi) is 4.97. The van der Waals surface area contributed by atoms with Gasteiger partial charge in [0.15, 0.2) is 0 Å². The molecule has 2 heterocycles. The normalized spacial score (nSPS) is 11.7. The maximum atomic E-state index is 12.9. The first kappa shape index (κ1) is 19.1. The molecule has 142 valence electrons. The average Bonchev–Trinajstić information content (AvgIpc) is 3.08. The van der Waals surface area contributed by atoms with Gasteiger partial charge in [0.05, 0.1) is 26.4 Å². The van der Waals surface area contributed by atoms with Crippen LogP contribution in [0, 0.1) is 0 Å². The summed E-state index contributed by atoms with van der Waals surface area (Å²) in [5, 5.41) is 0.253. The molecule has 0 aliphatic rings. The number of sulfonamides is 1. The highest BCUT2D eigenvalue weighted by Gasteiger charge is 2.22. The number of benzene rings is 2. The molecule has 0 saturated heterocycles. The molecule has 0 saturated carbocycles. The zero-order valence-electron chi connectivity index (χ0n) is 14.1. The molecule has 0 aliphatic carbocycles. The summed E-state index contributed by atoms with van der Waals surface area (Å²) in [6, 6.07) is 15.1. The van der Waals surface area contributed by atoms with Crippen molar-refractivity contribution in [2.45, 2.75) is 4.90 Å². The van der Waals surface area contributed by atoms with E-state index in [1.165, 1.54) is 12.1 Å². The molecular formula is C19H12Cl3N3O2S. The number of rotatable bonds is 4. The molecule has 0 aliphatic heterocycles. The van der Waals surface area contributed by atoms with Gasteiger partial charge in [0, 0.05) is 18.0 Å². The number of aromatic nitrogens is 2. The van der Waals surface area contributed by atoms with Gasteiger partial charge in [-0.15, -0.1) is 0 Å². The first-order valence-corrected chi connectivity index (χ1v) is 10.7. The monoisotopic (exact) mass is 451 g/mol. The lowest BCUT2D eigenvalue weighted by Crippen LogP contribution is -2.14. The third-order valence-electron chi connectivity index (χ3n) is 4.08. The Morgan fingerprint density at radius 2 is 1.61 bits per heavy atom. The highest BCUT2D eigenvalue weighted by Crippen LogP contribution is 2.34. The largest absolute Gasteiger partial charge is 0.306 e. The van der Waals surface area contributed by atoms with Gasteiger partial charge < -0.3 is 4.40 Å². The molecule has 0 atom stereocenters. The Hall–Kier alpha value is -2.25. The molecule has 0 unspecified atom stereocenters. The standard InChI is InChI=1S/C19H12Cl3N3O2S/c20-13-9-15(22)18(10-14(13)21)28(26,27)24-16-6-2-1-5-12(16)17-11-25-8-4-3-7-19(25)23-17/h1-11,24H. The Bertz CT molecular complexity index is 1270. The Morgan fingerprint density at radius 3 is 2.39 bits per heavy atom. The lowest BCUT2D eigenvalue weighted by molar-refractivity contribution is 0.601. The van der Waals surface area contributed by atoms with E-state index >= 15 is 0 Å². The van der Waals surface area contributed by atoms with Crippen molar-refractivity contribution in [3.8, 4) is 11.3 Å². The molecule has 4 aromatic rings. The molecular weight excluding hydrogens is 441 g/mol. The summed E-state index contributed by atoms with van der Waals surface area (Å²) in [4.78, 5) is 4.39. The predicted octanol–water partition coefficient (Wildman–Crippen LogP) is 5.76. The fraction of sp³-hybridized carbons (Fsp3) is 0. The summed E-state index contributed by atoms with van der Waals surface area (Å²) in [7, 11) is -4.00. The number of anilines is 1. The van der Waals surface area contributed by atoms with Crippen LogP contribution in [0.1, 0.15) is 0 Å². The third-order valence-corrected chi connectivity index (χ3v) is 6.63. The molecule has 1 N–H and O–H groups in total. The minimum atomic E-state index is -4.00. The maximum absolute atomic E-state index is 12.9. The van der Waals surface area contributed by atoms with Crippen LogP contribution in [-0.2, 0) is 10.0 Å². The molecule has 2 aromatic heterocycles. The lowest BCUT2D eigenvalue weighted by Gasteiger charge is -2.13. The zero-order valence-corrected chi connectivity index (χ0v) is 17.2. The van der Waals surface area contributed by atoms with Crippen LogP contribution in [0.25, 0.3) is 16.9 Å². The van der Waals surface area contributed by atoms with Gasteiger partial charge in [-0.3, -0.25) is 4.72 Å². The van der Waals surface area contributed by atoms with Crippen molar-refractivity contribution < 1.29 is 8.42 Å². The average molecular weight is 453 g/mol. The van der Waals surface area contributed by atoms with Gasteiger partial charge in [0.1, 0.15) is 10.5 Å². The fourth-order valence-corrected chi connectivity index (χ4v) is 4.85. The zero-order chi connectivity index (χ0) is 19.9. The Labute approximate surface area is 176 Å². The summed E-state index contributed by atoms with van der Waals surface area (Å²) < 4.78 is 30.3. The molecule has 4 rings (SSSR count). The second-order valence-electron chi connectivity index (χ2n) is 5.94. The van der Waals surface area contributed by atoms with Crippen molar-refractivity contribution in [2.24, 2.45) is 0 Å². The van der Waals surface area contributed by atoms with E-state index in [1.54, 1.807) is 18.2 Å². The minimum Gasteiger partial charge on any atom is -0.306 e. The van der Waals surface area contributed by atoms with E-state index < -0.39 is 10.0 Å². The van der Waals surface area contributed by atoms with Crippen molar-refractivity contribution in [2.75, 3.05) is 4.72 Å². The first-order valence-electron chi connectivity index (χ1n) is 8.06. The fourth-order valence-electron chi connectivity index (χ4n) is 2.77. The van der Waals surface area contributed by atoms with E-state index in [1.807, 2.05) is 41.1 Å². The number of hydrogen-bond acceptors (Lipinski definition) is 3. The number of imidazole rings is 1. The first-order chi connectivity index (χ1) is 13.3. The van der Waals surface area contributed by atoms with Crippen molar-refractivity contribution >= 4 is 56.2 Å². The topological polar surface area (TPSA) is 63.5 Å². The van der Waals surface area contributed by atoms with Crippen LogP contribution in [0.3, 0.4) is 0 Å². The molecule has 0 fully saturated rings. The van der Waals surface area contributed by atoms with Crippen LogP contribution in [0.2, 0.25) is 15.1 Å². The van der Waals surface area contributed by atoms with E-state index in [0.29, 0.717) is 16.9 Å². The lowest BCUT2D eigenvalue weighted by atomic mass is 10.1. The molecule has 0 amide bonds. The summed E-state index contributed by atoms with van der Waals surface area (Å²) in [5.74, 6) is 0. The summed E-state index contributed by atoms with van der Waals surface area (Å²) in [6.07, 6.45) is 3.70. The van der Waals surface area contributed by atoms with Crippen LogP contribution in [0.4, 0.5) is 5.69 Å².